The van der Waals surface area contributed by atoms with Gasteiger partial charge in [-0.25, -0.2) is 4.79 Å². The van der Waals surface area contributed by atoms with E-state index in [0.29, 0.717) is 26.3 Å². The molecule has 7 nitrogen and oxygen atoms in total. The van der Waals surface area contributed by atoms with E-state index >= 15 is 0 Å². The summed E-state index contributed by atoms with van der Waals surface area (Å²) in [6.45, 7) is 2.41. The Morgan fingerprint density at radius 3 is 2.65 bits per heavy atom. The molecule has 7 heteroatoms. The number of nitrogens with zero attached hydrogens (tertiary/aromatic N) is 1. The molecule has 0 atom stereocenters. The van der Waals surface area contributed by atoms with Gasteiger partial charge < -0.3 is 24.8 Å². The molecule has 0 radical (unpaired) electrons. The van der Waals surface area contributed by atoms with E-state index in [4.69, 9.17) is 14.6 Å². The number of benzene rings is 1. The average molecular weight is 322 g/mol. The van der Waals surface area contributed by atoms with Crippen molar-refractivity contribution in [2.75, 3.05) is 32.8 Å². The van der Waals surface area contributed by atoms with Crippen LogP contribution in [0.25, 0.3) is 0 Å². The number of carbonyl (C=O) groups is 2. The number of aliphatic carboxylic acids is 1. The molecule has 0 aromatic heterocycles. The molecule has 0 saturated carbocycles. The average Bonchev–Trinajstić information content (AvgIpc) is 2.49. The molecule has 2 amide bonds. The van der Waals surface area contributed by atoms with Crippen LogP contribution in [0.5, 0.6) is 5.75 Å². The SMILES string of the molecule is O=C(O)CCNC(=O)N1CC(OCCCOc2ccccc2)C1. The summed E-state index contributed by atoms with van der Waals surface area (Å²) < 4.78 is 11.2. The van der Waals surface area contributed by atoms with E-state index < -0.39 is 5.97 Å². The summed E-state index contributed by atoms with van der Waals surface area (Å²) in [5.74, 6) is -0.0757. The topological polar surface area (TPSA) is 88.1 Å². The fourth-order valence-corrected chi connectivity index (χ4v) is 2.11. The molecule has 2 N–H and O–H groups in total. The van der Waals surface area contributed by atoms with Crippen molar-refractivity contribution < 1.29 is 24.2 Å². The number of nitrogens with one attached hydrogen (secondary N) is 1. The predicted molar refractivity (Wildman–Crippen MR) is 83.5 cm³/mol. The normalized spacial score (nSPS) is 14.2. The highest BCUT2D eigenvalue weighted by atomic mass is 16.5. The molecule has 1 aromatic rings. The summed E-state index contributed by atoms with van der Waals surface area (Å²) in [7, 11) is 0. The predicted octanol–water partition coefficient (Wildman–Crippen LogP) is 1.34. The monoisotopic (exact) mass is 322 g/mol. The number of ether oxygens (including phenoxy) is 2. The Balaban J connectivity index is 1.46. The molecule has 0 bridgehead atoms. The molecule has 23 heavy (non-hydrogen) atoms. The number of hydrogen-bond donors (Lipinski definition) is 2. The standard InChI is InChI=1S/C16H22N2O5/c19-15(20)7-8-17-16(21)18-11-14(12-18)23-10-4-9-22-13-5-2-1-3-6-13/h1-3,5-6,14H,4,7-12H2,(H,17,21)(H,19,20). The summed E-state index contributed by atoms with van der Waals surface area (Å²) in [4.78, 5) is 23.6. The Kier molecular flexibility index (Phi) is 6.68. The second-order valence-electron chi connectivity index (χ2n) is 5.29. The molecule has 1 heterocycles. The maximum Gasteiger partial charge on any atom is 0.317 e. The van der Waals surface area contributed by atoms with Gasteiger partial charge in [-0.05, 0) is 12.1 Å². The third-order valence-corrected chi connectivity index (χ3v) is 3.40. The van der Waals surface area contributed by atoms with Crippen LogP contribution in [0.3, 0.4) is 0 Å². The van der Waals surface area contributed by atoms with Crippen LogP contribution in [0.2, 0.25) is 0 Å². The van der Waals surface area contributed by atoms with Gasteiger partial charge in [-0.3, -0.25) is 4.79 Å². The smallest absolute Gasteiger partial charge is 0.317 e. The Labute approximate surface area is 135 Å². The van der Waals surface area contributed by atoms with Crippen molar-refractivity contribution in [1.29, 1.82) is 0 Å². The largest absolute Gasteiger partial charge is 0.494 e. The van der Waals surface area contributed by atoms with Crippen molar-refractivity contribution in [1.82, 2.24) is 10.2 Å². The van der Waals surface area contributed by atoms with Crippen LogP contribution >= 0.6 is 0 Å². The van der Waals surface area contributed by atoms with Gasteiger partial charge in [-0.2, -0.15) is 0 Å². The zero-order chi connectivity index (χ0) is 16.5. The number of carboxylic acid groups (broad SMARTS) is 1. The zero-order valence-corrected chi connectivity index (χ0v) is 12.9. The first-order chi connectivity index (χ1) is 11.1. The van der Waals surface area contributed by atoms with Gasteiger partial charge in [0.2, 0.25) is 0 Å². The third-order valence-electron chi connectivity index (χ3n) is 3.40. The molecule has 126 valence electrons. The number of amides is 2. The van der Waals surface area contributed by atoms with Crippen molar-refractivity contribution >= 4 is 12.0 Å². The third kappa shape index (κ3) is 6.15. The van der Waals surface area contributed by atoms with E-state index in [0.717, 1.165) is 12.2 Å². The highest BCUT2D eigenvalue weighted by Gasteiger charge is 2.30. The fourth-order valence-electron chi connectivity index (χ4n) is 2.11. The number of carbonyl (C=O) groups excluding carboxylic acids is 1. The van der Waals surface area contributed by atoms with Crippen LogP contribution in [0.4, 0.5) is 4.79 Å². The molecular formula is C16H22N2O5. The lowest BCUT2D eigenvalue weighted by molar-refractivity contribution is -0.136. The number of likely N-dealkylation sites (tertiary alicyclic amines) is 1. The summed E-state index contributed by atoms with van der Waals surface area (Å²) in [5.41, 5.74) is 0. The Morgan fingerprint density at radius 1 is 1.22 bits per heavy atom. The molecular weight excluding hydrogens is 300 g/mol. The lowest BCUT2D eigenvalue weighted by Crippen LogP contribution is -2.57. The summed E-state index contributed by atoms with van der Waals surface area (Å²) in [6.07, 6.45) is 0.772. The maximum absolute atomic E-state index is 11.6. The summed E-state index contributed by atoms with van der Waals surface area (Å²) in [6, 6.07) is 9.38. The molecule has 1 fully saturated rings. The summed E-state index contributed by atoms with van der Waals surface area (Å²) >= 11 is 0. The quantitative estimate of drug-likeness (QED) is 0.670. The van der Waals surface area contributed by atoms with Crippen LogP contribution in [0.15, 0.2) is 30.3 Å². The van der Waals surface area contributed by atoms with Gasteiger partial charge in [0.1, 0.15) is 5.75 Å². The Morgan fingerprint density at radius 2 is 1.96 bits per heavy atom. The zero-order valence-electron chi connectivity index (χ0n) is 12.9. The molecule has 0 unspecified atom stereocenters. The molecule has 1 aliphatic rings. The second-order valence-corrected chi connectivity index (χ2v) is 5.29. The minimum atomic E-state index is -0.923. The van der Waals surface area contributed by atoms with E-state index in [1.807, 2.05) is 30.3 Å². The van der Waals surface area contributed by atoms with Crippen molar-refractivity contribution in [3.63, 3.8) is 0 Å². The van der Waals surface area contributed by atoms with E-state index in [-0.39, 0.29) is 25.1 Å². The second kappa shape index (κ2) is 8.99. The van der Waals surface area contributed by atoms with Crippen molar-refractivity contribution in [2.45, 2.75) is 18.9 Å². The lowest BCUT2D eigenvalue weighted by Gasteiger charge is -2.38. The maximum atomic E-state index is 11.6. The number of urea groups is 1. The first-order valence-corrected chi connectivity index (χ1v) is 7.69. The minimum Gasteiger partial charge on any atom is -0.494 e. The molecule has 1 saturated heterocycles. The van der Waals surface area contributed by atoms with Crippen molar-refractivity contribution in [2.24, 2.45) is 0 Å². The van der Waals surface area contributed by atoms with E-state index in [2.05, 4.69) is 5.32 Å². The van der Waals surface area contributed by atoms with Gasteiger partial charge in [0, 0.05) is 13.0 Å². The molecule has 0 aliphatic carbocycles. The lowest BCUT2D eigenvalue weighted by atomic mass is 10.2. The van der Waals surface area contributed by atoms with Gasteiger partial charge in [0.25, 0.3) is 0 Å². The highest BCUT2D eigenvalue weighted by Crippen LogP contribution is 2.12. The van der Waals surface area contributed by atoms with E-state index in [1.54, 1.807) is 4.90 Å². The molecule has 0 spiro atoms. The number of hydrogen-bond acceptors (Lipinski definition) is 4. The van der Waals surface area contributed by atoms with Crippen LogP contribution in [-0.4, -0.2) is 61.0 Å². The fraction of sp³-hybridized carbons (Fsp3) is 0.500. The van der Waals surface area contributed by atoms with Gasteiger partial charge in [-0.1, -0.05) is 18.2 Å². The number of rotatable bonds is 9. The first-order valence-electron chi connectivity index (χ1n) is 7.69. The Bertz CT molecular complexity index is 502. The van der Waals surface area contributed by atoms with Crippen LogP contribution in [0, 0.1) is 0 Å². The van der Waals surface area contributed by atoms with Gasteiger partial charge in [0.15, 0.2) is 0 Å². The Hall–Kier alpha value is -2.28. The molecule has 1 aliphatic heterocycles. The van der Waals surface area contributed by atoms with Gasteiger partial charge in [0.05, 0.1) is 38.8 Å². The van der Waals surface area contributed by atoms with Gasteiger partial charge in [-0.15, -0.1) is 0 Å². The van der Waals surface area contributed by atoms with Gasteiger partial charge >= 0.3 is 12.0 Å². The van der Waals surface area contributed by atoms with E-state index in [1.165, 1.54) is 0 Å². The first kappa shape index (κ1) is 17.1. The highest BCUT2D eigenvalue weighted by molar-refractivity contribution is 5.76. The van der Waals surface area contributed by atoms with E-state index in [9.17, 15) is 9.59 Å². The number of para-hydroxylation sites is 1. The van der Waals surface area contributed by atoms with Crippen LogP contribution < -0.4 is 10.1 Å². The molecule has 2 rings (SSSR count). The minimum absolute atomic E-state index is 0.0527. The van der Waals surface area contributed by atoms with Crippen molar-refractivity contribution in [3.05, 3.63) is 30.3 Å². The number of carboxylic acids is 1. The van der Waals surface area contributed by atoms with Crippen LogP contribution in [-0.2, 0) is 9.53 Å². The molecule has 1 aromatic carbocycles. The van der Waals surface area contributed by atoms with Crippen molar-refractivity contribution in [3.8, 4) is 5.75 Å². The summed E-state index contributed by atoms with van der Waals surface area (Å²) in [5, 5.41) is 11.1. The van der Waals surface area contributed by atoms with Crippen LogP contribution in [0.1, 0.15) is 12.8 Å².